The Bertz CT molecular complexity index is 7550. The second kappa shape index (κ2) is 52.1. The Labute approximate surface area is 898 Å². The van der Waals surface area contributed by atoms with Gasteiger partial charge in [-0.25, -0.2) is 15.0 Å². The summed E-state index contributed by atoms with van der Waals surface area (Å²) < 4.78 is 0. The Hall–Kier alpha value is -14.9. The fourth-order valence-electron chi connectivity index (χ4n) is 18.2. The second-order valence-corrected chi connectivity index (χ2v) is 37.2. The van der Waals surface area contributed by atoms with Gasteiger partial charge in [0.1, 0.15) is 0 Å². The van der Waals surface area contributed by atoms with Crippen LogP contribution in [-0.4, -0.2) is 62.0 Å². The van der Waals surface area contributed by atoms with Crippen molar-refractivity contribution in [3.05, 3.63) is 480 Å². The number of aryl methyl sites for hydroxylation is 6. The number of pyridine rings is 6. The van der Waals surface area contributed by atoms with Crippen LogP contribution in [0.4, 0.5) is 0 Å². The van der Waals surface area contributed by atoms with Crippen molar-refractivity contribution in [1.29, 1.82) is 0 Å². The van der Waals surface area contributed by atoms with E-state index in [-0.39, 0.29) is 106 Å². The maximum atomic E-state index is 8.40. The van der Waals surface area contributed by atoms with E-state index in [1.807, 2.05) is 54.9 Å². The molecule has 6 aromatic heterocycles. The van der Waals surface area contributed by atoms with Crippen LogP contribution in [-0.2, 0) is 84.0 Å². The third-order valence-electron chi connectivity index (χ3n) is 25.0. The minimum atomic E-state index is 0. The fraction of sp³-hybridized carbons (Fsp3) is 0.153. The van der Waals surface area contributed by atoms with E-state index < -0.39 is 0 Å². The first-order chi connectivity index (χ1) is 68.9. The summed E-state index contributed by atoms with van der Waals surface area (Å²) in [6.07, 6.45) is 9.82. The first-order valence-corrected chi connectivity index (χ1v) is 48.5. The van der Waals surface area contributed by atoms with Gasteiger partial charge in [0.05, 0.1) is 72.7 Å². The molecule has 22 rings (SSSR count). The molecule has 0 saturated heterocycles. The Balaban J connectivity index is 0.000000160. The van der Waals surface area contributed by atoms with E-state index >= 15 is 0 Å². The van der Waals surface area contributed by atoms with Gasteiger partial charge in [-0.1, -0.05) is 284 Å². The molecule has 0 aliphatic heterocycles. The number of aliphatic hydroxyl groups is 3. The summed E-state index contributed by atoms with van der Waals surface area (Å²) in [6, 6.07) is 136. The zero-order valence-corrected chi connectivity index (χ0v) is 92.6. The number of hydrogen-bond acceptors (Lipinski definition) is 6. The standard InChI is InChI=1S/C24H19N.C24H18N.C17H15N.C17H14N.C17H15N.C17H14N.3C5H8O2.3Ir/c2*1-24(2)20-9-5-4-8-18(20)19-13-11-17(15-21(19)24)23-14-12-16-7-3-6-10-22(16)25-23;2*1-12-9-13(2)11-15(10-12)17-8-7-14-5-3-4-6-16(14)18-17;2*1-2-13-7-9-15(10-8-13)17-16-6-4-3-5-14(16)11-12-18-17;3*1-4(6)3-5(2)7;;;/h3-15H,1-2H3;3-10,12-15H,1-2H3;3-11H,1-2H3;3-10H,1-2H3;3-12H,2H2,1H3;3-9,11-12H,2H2,1H3;3*3,6H,1-2H3;;;/q;-1;;-1;;-1;;;;;;/p+6. The molecule has 2 aliphatic rings. The number of aliphatic hydroxyl groups excluding tert-OH is 3. The van der Waals surface area contributed by atoms with Crippen molar-refractivity contribution in [3.63, 3.8) is 0 Å². The second-order valence-electron chi connectivity index (χ2n) is 37.2. The first-order valence-electron chi connectivity index (χ1n) is 48.5. The number of nitrogens with zero attached hydrogens (tertiary/aromatic N) is 3. The van der Waals surface area contributed by atoms with Crippen molar-refractivity contribution >= 4 is 82.5 Å². The number of allylic oxidation sites excluding steroid dienone is 6. The van der Waals surface area contributed by atoms with Crippen LogP contribution in [0.15, 0.2) is 406 Å². The molecule has 9 N–H and O–H groups in total. The van der Waals surface area contributed by atoms with E-state index in [0.717, 1.165) is 68.9 Å². The summed E-state index contributed by atoms with van der Waals surface area (Å²) in [5.41, 5.74) is 36.5. The number of fused-ring (bicyclic) bond motifs is 12. The van der Waals surface area contributed by atoms with Crippen molar-refractivity contribution in [1.82, 2.24) is 15.0 Å². The van der Waals surface area contributed by atoms with Crippen molar-refractivity contribution < 1.29 is 105 Å². The van der Waals surface area contributed by atoms with Gasteiger partial charge in [0.2, 0.25) is 28.1 Å². The van der Waals surface area contributed by atoms with Gasteiger partial charge in [0.25, 0.3) is 0 Å². The van der Waals surface area contributed by atoms with E-state index in [2.05, 4.69) is 423 Å². The summed E-state index contributed by atoms with van der Waals surface area (Å²) in [4.78, 5) is 49.7. The van der Waals surface area contributed by atoms with Crippen LogP contribution in [0.3, 0.4) is 0 Å². The van der Waals surface area contributed by atoms with Gasteiger partial charge in [-0.15, -0.1) is 99.6 Å². The number of hydrogen-bond donors (Lipinski definition) is 3. The number of benzene rings is 14. The molecule has 20 aromatic rings. The van der Waals surface area contributed by atoms with Crippen molar-refractivity contribution in [3.8, 4) is 89.8 Å². The SMILES string of the molecule is CC(=[OH+])C=C(C)O.CC(=[OH+])C=C(C)O.CC(=[OH+])C=C(C)O.CC1(C)c2ccccc2-c2c[c-]c(-c3ccc4ccccc4n3)cc21.CC1(C)c2ccccc2-c2ccc(-c3ccc4ccccc4[nH+]3)cc21.CCc1c[c-]c(-c2nccc3ccccc23)cc1.CCc1ccc(-c2[nH+]ccc3ccccc23)cc1.Cc1[c-]c(-c2ccc3ccccc3n2)cc(C)c1.Cc1cc(C)cc(-c2ccc3ccccc3[nH+]2)c1.[Ir].[Ir].[Ir]. The Kier molecular flexibility index (Phi) is 39.8. The molecule has 0 bridgehead atoms. The number of rotatable bonds is 11. The summed E-state index contributed by atoms with van der Waals surface area (Å²) in [6.45, 7) is 31.0. The van der Waals surface area contributed by atoms with E-state index in [1.54, 1.807) is 0 Å². The van der Waals surface area contributed by atoms with E-state index in [1.165, 1.54) is 214 Å². The molecule has 0 amide bonds. The van der Waals surface area contributed by atoms with Crippen LogP contribution >= 0.6 is 0 Å². The molecule has 3 radical (unpaired) electrons. The number of aromatic nitrogens is 6. The van der Waals surface area contributed by atoms with E-state index in [9.17, 15) is 0 Å². The predicted octanol–water partition coefficient (Wildman–Crippen LogP) is 31.1. The fourth-order valence-corrected chi connectivity index (χ4v) is 18.2. The van der Waals surface area contributed by atoms with Gasteiger partial charge in [0, 0.05) is 130 Å². The Morgan fingerprint density at radius 3 is 1.28 bits per heavy atom. The third kappa shape index (κ3) is 28.8. The van der Waals surface area contributed by atoms with E-state index in [4.69, 9.17) is 39.7 Å². The molecular formula is C131H125Ir3N6O6+3. The van der Waals surface area contributed by atoms with Crippen LogP contribution in [0.25, 0.3) is 155 Å². The van der Waals surface area contributed by atoms with Crippen LogP contribution in [0, 0.1) is 45.9 Å². The zero-order valence-electron chi connectivity index (χ0n) is 85.4. The average molecular weight is 2460 g/mol. The molecule has 12 nitrogen and oxygen atoms in total. The van der Waals surface area contributed by atoms with Gasteiger partial charge in [-0.3, -0.25) is 24.4 Å². The predicted molar refractivity (Wildman–Crippen MR) is 596 cm³/mol. The number of para-hydroxylation sites is 4. The minimum absolute atomic E-state index is 0. The molecule has 6 heterocycles. The molecule has 0 atom stereocenters. The molecule has 146 heavy (non-hydrogen) atoms. The van der Waals surface area contributed by atoms with Crippen LogP contribution in [0.5, 0.6) is 0 Å². The first kappa shape index (κ1) is 111. The summed E-state index contributed by atoms with van der Waals surface area (Å²) in [5, 5.41) is 35.0. The molecule has 0 saturated carbocycles. The van der Waals surface area contributed by atoms with Crippen molar-refractivity contribution in [2.75, 3.05) is 0 Å². The smallest absolute Gasteiger partial charge is 0.316 e. The van der Waals surface area contributed by atoms with Crippen LogP contribution in [0.2, 0.25) is 0 Å². The molecular weight excluding hydrogens is 2330 g/mol. The van der Waals surface area contributed by atoms with Gasteiger partial charge in [-0.05, 0) is 209 Å². The molecule has 0 spiro atoms. The average Bonchev–Trinajstić information content (AvgIpc) is 1.58. The van der Waals surface area contributed by atoms with E-state index in [0.29, 0.717) is 0 Å². The van der Waals surface area contributed by atoms with Crippen molar-refractivity contribution in [2.24, 2.45) is 0 Å². The minimum Gasteiger partial charge on any atom is -0.512 e. The topological polar surface area (TPSA) is 206 Å². The number of ketones is 3. The summed E-state index contributed by atoms with van der Waals surface area (Å²) in [5.74, 6) is 0.750. The maximum absolute atomic E-state index is 8.40. The Morgan fingerprint density at radius 1 is 0.349 bits per heavy atom. The monoisotopic (exact) mass is 2460 g/mol. The van der Waals surface area contributed by atoms with Gasteiger partial charge in [0.15, 0.2) is 6.20 Å². The zero-order chi connectivity index (χ0) is 101. The normalized spacial score (nSPS) is 11.8. The summed E-state index contributed by atoms with van der Waals surface area (Å²) >= 11 is 0. The molecule has 15 heteroatoms. The van der Waals surface area contributed by atoms with Gasteiger partial charge < -0.3 is 20.3 Å². The number of carbonyl (C=O) groups excluding carboxylic acids is 3. The van der Waals surface area contributed by atoms with Crippen molar-refractivity contribution in [2.45, 2.75) is 134 Å². The van der Waals surface area contributed by atoms with Gasteiger partial charge in [-0.2, -0.15) is 0 Å². The number of nitrogens with one attached hydrogen (secondary N) is 3. The van der Waals surface area contributed by atoms with Crippen LogP contribution in [0.1, 0.15) is 139 Å². The summed E-state index contributed by atoms with van der Waals surface area (Å²) in [7, 11) is 0. The molecule has 2 aliphatic carbocycles. The van der Waals surface area contributed by atoms with Crippen LogP contribution < -0.4 is 15.0 Å². The molecule has 739 valence electrons. The molecule has 0 unspecified atom stereocenters. The largest absolute Gasteiger partial charge is 0.512 e. The molecule has 14 aromatic carbocycles. The quantitative estimate of drug-likeness (QED) is 0.0497. The number of H-pyrrole nitrogens is 3. The Morgan fingerprint density at radius 2 is 0.774 bits per heavy atom. The maximum Gasteiger partial charge on any atom is 0.316 e. The van der Waals surface area contributed by atoms with Gasteiger partial charge >= 0.3 is 17.3 Å². The number of aromatic amines is 3. The third-order valence-corrected chi connectivity index (χ3v) is 25.0. The molecule has 0 fully saturated rings.